The Labute approximate surface area is 149 Å². The fourth-order valence-electron chi connectivity index (χ4n) is 3.08. The molecule has 2 amide bonds. The first kappa shape index (κ1) is 20.2. The Hall–Kier alpha value is -2.13. The van der Waals surface area contributed by atoms with Crippen molar-refractivity contribution in [2.24, 2.45) is 11.1 Å². The number of aliphatic hydroxyl groups excluding tert-OH is 1. The molecule has 0 aliphatic carbocycles. The minimum atomic E-state index is -4.51. The number of amides is 2. The molecule has 0 aromatic heterocycles. The first-order valence-electron chi connectivity index (χ1n) is 8.25. The van der Waals surface area contributed by atoms with Crippen molar-refractivity contribution in [2.75, 3.05) is 26.2 Å². The average molecular weight is 373 g/mol. The molecule has 0 atom stereocenters. The number of likely N-dealkylation sites (tertiary alicyclic amines) is 1. The summed E-state index contributed by atoms with van der Waals surface area (Å²) in [6, 6.07) is 5.01. The van der Waals surface area contributed by atoms with Gasteiger partial charge in [0.1, 0.15) is 0 Å². The predicted molar refractivity (Wildman–Crippen MR) is 87.7 cm³/mol. The maximum Gasteiger partial charge on any atom is 0.416 e. The summed E-state index contributed by atoms with van der Waals surface area (Å²) in [6.45, 7) is -0.328. The van der Waals surface area contributed by atoms with Gasteiger partial charge in [0.2, 0.25) is 11.8 Å². The molecule has 0 radical (unpaired) electrons. The number of piperidine rings is 1. The van der Waals surface area contributed by atoms with E-state index in [-0.39, 0.29) is 50.5 Å². The van der Waals surface area contributed by atoms with Gasteiger partial charge in [0, 0.05) is 19.6 Å². The summed E-state index contributed by atoms with van der Waals surface area (Å²) in [5, 5.41) is 12.2. The lowest BCUT2D eigenvalue weighted by Crippen LogP contribution is -2.52. The van der Waals surface area contributed by atoms with Crippen molar-refractivity contribution in [1.82, 2.24) is 10.2 Å². The maximum absolute atomic E-state index is 13.0. The third kappa shape index (κ3) is 4.34. The highest BCUT2D eigenvalue weighted by Gasteiger charge is 2.42. The van der Waals surface area contributed by atoms with E-state index in [0.717, 1.165) is 6.07 Å². The minimum absolute atomic E-state index is 0.0443. The van der Waals surface area contributed by atoms with E-state index in [0.29, 0.717) is 0 Å². The summed E-state index contributed by atoms with van der Waals surface area (Å²) in [7, 11) is 0. The highest BCUT2D eigenvalue weighted by atomic mass is 19.4. The van der Waals surface area contributed by atoms with Gasteiger partial charge in [0.05, 0.1) is 24.1 Å². The predicted octanol–water partition coefficient (Wildman–Crippen LogP) is 0.881. The molecule has 1 aromatic rings. The molecule has 1 saturated heterocycles. The number of aliphatic hydroxyl groups is 1. The van der Waals surface area contributed by atoms with Crippen LogP contribution in [0.5, 0.6) is 0 Å². The topological polar surface area (TPSA) is 95.7 Å². The van der Waals surface area contributed by atoms with Crippen LogP contribution in [0, 0.1) is 5.41 Å². The average Bonchev–Trinajstić information content (AvgIpc) is 2.65. The van der Waals surface area contributed by atoms with Gasteiger partial charge in [-0.05, 0) is 24.5 Å². The van der Waals surface area contributed by atoms with Crippen LogP contribution in [0.1, 0.15) is 24.0 Å². The molecule has 144 valence electrons. The Balaban J connectivity index is 2.04. The van der Waals surface area contributed by atoms with Crippen LogP contribution in [-0.2, 0) is 22.3 Å². The van der Waals surface area contributed by atoms with E-state index in [1.807, 2.05) is 0 Å². The molecule has 0 unspecified atom stereocenters. The number of hydrogen-bond acceptors (Lipinski definition) is 4. The molecular formula is C17H22F3N3O3. The molecule has 6 nitrogen and oxygen atoms in total. The van der Waals surface area contributed by atoms with Crippen LogP contribution < -0.4 is 11.1 Å². The summed E-state index contributed by atoms with van der Waals surface area (Å²) in [6.07, 6.45) is -4.06. The Morgan fingerprint density at radius 2 is 1.85 bits per heavy atom. The Kier molecular flexibility index (Phi) is 6.25. The normalized spacial score (nSPS) is 17.0. The zero-order valence-corrected chi connectivity index (χ0v) is 14.2. The lowest BCUT2D eigenvalue weighted by atomic mass is 9.78. The van der Waals surface area contributed by atoms with Crippen LogP contribution >= 0.6 is 0 Å². The number of halogens is 3. The number of benzene rings is 1. The van der Waals surface area contributed by atoms with Gasteiger partial charge in [0.15, 0.2) is 0 Å². The smallest absolute Gasteiger partial charge is 0.395 e. The van der Waals surface area contributed by atoms with Crippen molar-refractivity contribution >= 4 is 11.8 Å². The molecule has 1 fully saturated rings. The number of nitrogens with one attached hydrogen (secondary N) is 1. The first-order valence-corrected chi connectivity index (χ1v) is 8.25. The van der Waals surface area contributed by atoms with Crippen molar-refractivity contribution < 1.29 is 27.9 Å². The SMILES string of the molecule is NCC(=O)N1CCC(CO)(C(=O)NCc2ccccc2C(F)(F)F)CC1. The van der Waals surface area contributed by atoms with Gasteiger partial charge in [-0.3, -0.25) is 9.59 Å². The maximum atomic E-state index is 13.0. The van der Waals surface area contributed by atoms with E-state index in [9.17, 15) is 27.9 Å². The monoisotopic (exact) mass is 373 g/mol. The Morgan fingerprint density at radius 1 is 1.23 bits per heavy atom. The van der Waals surface area contributed by atoms with Crippen molar-refractivity contribution in [2.45, 2.75) is 25.6 Å². The molecule has 26 heavy (non-hydrogen) atoms. The molecule has 1 aliphatic heterocycles. The summed E-state index contributed by atoms with van der Waals surface area (Å²) < 4.78 is 39.1. The molecule has 1 aliphatic rings. The zero-order chi connectivity index (χ0) is 19.4. The molecule has 1 aromatic carbocycles. The Morgan fingerprint density at radius 3 is 2.38 bits per heavy atom. The summed E-state index contributed by atoms with van der Waals surface area (Å²) >= 11 is 0. The van der Waals surface area contributed by atoms with Crippen LogP contribution in [0.2, 0.25) is 0 Å². The lowest BCUT2D eigenvalue weighted by molar-refractivity contribution is -0.143. The largest absolute Gasteiger partial charge is 0.416 e. The fraction of sp³-hybridized carbons (Fsp3) is 0.529. The molecule has 0 saturated carbocycles. The van der Waals surface area contributed by atoms with E-state index in [1.54, 1.807) is 0 Å². The summed E-state index contributed by atoms with van der Waals surface area (Å²) in [5.41, 5.74) is 3.35. The number of carbonyl (C=O) groups is 2. The third-order valence-corrected chi connectivity index (χ3v) is 4.79. The fourth-order valence-corrected chi connectivity index (χ4v) is 3.08. The van der Waals surface area contributed by atoms with Crippen molar-refractivity contribution in [3.63, 3.8) is 0 Å². The van der Waals surface area contributed by atoms with Gasteiger partial charge in [-0.15, -0.1) is 0 Å². The zero-order valence-electron chi connectivity index (χ0n) is 14.2. The van der Waals surface area contributed by atoms with Gasteiger partial charge in [0.25, 0.3) is 0 Å². The molecule has 0 bridgehead atoms. The van der Waals surface area contributed by atoms with E-state index in [1.165, 1.54) is 23.1 Å². The Bertz CT molecular complexity index is 656. The van der Waals surface area contributed by atoms with Gasteiger partial charge < -0.3 is 21.1 Å². The second-order valence-corrected chi connectivity index (χ2v) is 6.36. The van der Waals surface area contributed by atoms with E-state index in [4.69, 9.17) is 5.73 Å². The molecule has 1 heterocycles. The molecule has 2 rings (SSSR count). The minimum Gasteiger partial charge on any atom is -0.395 e. The molecular weight excluding hydrogens is 351 g/mol. The van der Waals surface area contributed by atoms with Crippen molar-refractivity contribution in [3.05, 3.63) is 35.4 Å². The van der Waals surface area contributed by atoms with Crippen LogP contribution in [-0.4, -0.2) is 48.1 Å². The standard InChI is InChI=1S/C17H22F3N3O3/c18-17(19,20)13-4-2-1-3-12(13)10-22-15(26)16(11-24)5-7-23(8-6-16)14(25)9-21/h1-4,24H,5-11,21H2,(H,22,26). The summed E-state index contributed by atoms with van der Waals surface area (Å²) in [4.78, 5) is 25.7. The van der Waals surface area contributed by atoms with E-state index < -0.39 is 29.7 Å². The highest BCUT2D eigenvalue weighted by molar-refractivity contribution is 5.84. The van der Waals surface area contributed by atoms with Gasteiger partial charge in [-0.2, -0.15) is 13.2 Å². The highest BCUT2D eigenvalue weighted by Crippen LogP contribution is 2.33. The lowest BCUT2D eigenvalue weighted by Gasteiger charge is -2.39. The van der Waals surface area contributed by atoms with Gasteiger partial charge >= 0.3 is 6.18 Å². The van der Waals surface area contributed by atoms with Gasteiger partial charge in [-0.1, -0.05) is 18.2 Å². The van der Waals surface area contributed by atoms with Crippen molar-refractivity contribution in [1.29, 1.82) is 0 Å². The molecule has 4 N–H and O–H groups in total. The second kappa shape index (κ2) is 8.05. The third-order valence-electron chi connectivity index (χ3n) is 4.79. The van der Waals surface area contributed by atoms with Crippen molar-refractivity contribution in [3.8, 4) is 0 Å². The van der Waals surface area contributed by atoms with E-state index >= 15 is 0 Å². The summed E-state index contributed by atoms with van der Waals surface area (Å²) in [5.74, 6) is -0.757. The van der Waals surface area contributed by atoms with E-state index in [2.05, 4.69) is 5.32 Å². The number of carbonyl (C=O) groups excluding carboxylic acids is 2. The molecule has 9 heteroatoms. The quantitative estimate of drug-likeness (QED) is 0.714. The molecule has 0 spiro atoms. The number of rotatable bonds is 5. The van der Waals surface area contributed by atoms with Gasteiger partial charge in [-0.25, -0.2) is 0 Å². The van der Waals surface area contributed by atoms with Crippen LogP contribution in [0.25, 0.3) is 0 Å². The second-order valence-electron chi connectivity index (χ2n) is 6.36. The first-order chi connectivity index (χ1) is 12.2. The van der Waals surface area contributed by atoms with Crippen LogP contribution in [0.15, 0.2) is 24.3 Å². The number of alkyl halides is 3. The van der Waals surface area contributed by atoms with Crippen LogP contribution in [0.3, 0.4) is 0 Å². The number of hydrogen-bond donors (Lipinski definition) is 3. The number of nitrogens with zero attached hydrogens (tertiary/aromatic N) is 1. The number of nitrogens with two attached hydrogens (primary N) is 1. The van der Waals surface area contributed by atoms with Crippen LogP contribution in [0.4, 0.5) is 13.2 Å².